The predicted octanol–water partition coefficient (Wildman–Crippen LogP) is 3.84. The topological polar surface area (TPSA) is 89.8 Å². The largest absolute Gasteiger partial charge is 0.489 e. The molecule has 0 aromatic heterocycles. The molecule has 1 heterocycles. The summed E-state index contributed by atoms with van der Waals surface area (Å²) in [7, 11) is 1.45. The van der Waals surface area contributed by atoms with Gasteiger partial charge in [-0.05, 0) is 53.2 Å². The fourth-order valence-corrected chi connectivity index (χ4v) is 3.07. The van der Waals surface area contributed by atoms with Crippen LogP contribution in [0.4, 0.5) is 10.5 Å². The number of likely N-dealkylation sites (N-methyl/N-ethyl adjacent to an activating group) is 1. The number of hydrogen-bond donors (Lipinski definition) is 0. The highest BCUT2D eigenvalue weighted by Gasteiger charge is 2.31. The summed E-state index contributed by atoms with van der Waals surface area (Å²) >= 11 is 0.911. The van der Waals surface area contributed by atoms with Crippen LogP contribution in [0.2, 0.25) is 0 Å². The number of ether oxygens (including phenoxy) is 1. The molecule has 1 aliphatic rings. The summed E-state index contributed by atoms with van der Waals surface area (Å²) in [5.74, 6) is 0.322. The van der Waals surface area contributed by atoms with E-state index in [2.05, 4.69) is 0 Å². The average molecular weight is 370 g/mol. The summed E-state index contributed by atoms with van der Waals surface area (Å²) < 4.78 is 5.65. The first-order valence-corrected chi connectivity index (χ1v) is 8.43. The summed E-state index contributed by atoms with van der Waals surface area (Å²) in [6.07, 6.45) is 1.66. The van der Waals surface area contributed by atoms with Crippen molar-refractivity contribution in [3.05, 3.63) is 74.7 Å². The maximum absolute atomic E-state index is 11.9. The Kier molecular flexibility index (Phi) is 5.04. The van der Waals surface area contributed by atoms with E-state index in [4.69, 9.17) is 4.74 Å². The molecule has 0 bridgehead atoms. The van der Waals surface area contributed by atoms with Crippen molar-refractivity contribution >= 4 is 34.7 Å². The third-order valence-electron chi connectivity index (χ3n) is 3.72. The van der Waals surface area contributed by atoms with Gasteiger partial charge in [0.05, 0.1) is 9.83 Å². The second kappa shape index (κ2) is 7.40. The molecule has 0 atom stereocenters. The number of nitro groups is 1. The number of imide groups is 1. The molecule has 132 valence electrons. The van der Waals surface area contributed by atoms with Gasteiger partial charge >= 0.3 is 0 Å². The fraction of sp³-hybridized carbons (Fsp3) is 0.111. The van der Waals surface area contributed by atoms with Crippen molar-refractivity contribution in [2.24, 2.45) is 0 Å². The maximum atomic E-state index is 11.9. The monoisotopic (exact) mass is 370 g/mol. The van der Waals surface area contributed by atoms with Gasteiger partial charge in [0.25, 0.3) is 16.8 Å². The SMILES string of the molecule is CN1C(=O)SC(=Cc2ccc(OCc3ccc([N+](=O)[O-])cc3)cc2)C1=O. The molecule has 0 aliphatic carbocycles. The quantitative estimate of drug-likeness (QED) is 0.451. The number of carbonyl (C=O) groups is 2. The highest BCUT2D eigenvalue weighted by Crippen LogP contribution is 2.31. The third-order valence-corrected chi connectivity index (χ3v) is 4.68. The van der Waals surface area contributed by atoms with Gasteiger partial charge in [-0.25, -0.2) is 0 Å². The van der Waals surface area contributed by atoms with E-state index in [0.29, 0.717) is 10.7 Å². The van der Waals surface area contributed by atoms with Crippen LogP contribution in [0.15, 0.2) is 53.4 Å². The van der Waals surface area contributed by atoms with E-state index in [0.717, 1.165) is 27.8 Å². The van der Waals surface area contributed by atoms with Crippen molar-refractivity contribution in [2.45, 2.75) is 6.61 Å². The average Bonchev–Trinajstić information content (AvgIpc) is 2.88. The van der Waals surface area contributed by atoms with Crippen LogP contribution in [0, 0.1) is 10.1 Å². The van der Waals surface area contributed by atoms with Crippen LogP contribution in [-0.2, 0) is 11.4 Å². The summed E-state index contributed by atoms with van der Waals surface area (Å²) in [5, 5.41) is 10.3. The van der Waals surface area contributed by atoms with Crippen molar-refractivity contribution in [3.63, 3.8) is 0 Å². The molecule has 0 radical (unpaired) electrons. The molecule has 8 heteroatoms. The lowest BCUT2D eigenvalue weighted by Gasteiger charge is -2.06. The van der Waals surface area contributed by atoms with Gasteiger partial charge in [0.1, 0.15) is 12.4 Å². The number of carbonyl (C=O) groups excluding carboxylic acids is 2. The minimum Gasteiger partial charge on any atom is -0.489 e. The standard InChI is InChI=1S/C18H14N2O5S/c1-19-17(21)16(26-18(19)22)10-12-4-8-15(9-5-12)25-11-13-2-6-14(7-3-13)20(23)24/h2-10H,11H2,1H3. The van der Waals surface area contributed by atoms with Crippen LogP contribution in [0.5, 0.6) is 5.75 Å². The van der Waals surface area contributed by atoms with Gasteiger partial charge in [-0.3, -0.25) is 24.6 Å². The normalized spacial score (nSPS) is 15.6. The summed E-state index contributed by atoms with van der Waals surface area (Å²) in [4.78, 5) is 35.0. The molecule has 2 amide bonds. The first-order chi connectivity index (χ1) is 12.4. The van der Waals surface area contributed by atoms with Crippen molar-refractivity contribution in [1.29, 1.82) is 0 Å². The molecule has 7 nitrogen and oxygen atoms in total. The van der Waals surface area contributed by atoms with Gasteiger partial charge in [-0.15, -0.1) is 0 Å². The Hall–Kier alpha value is -3.13. The summed E-state index contributed by atoms with van der Waals surface area (Å²) in [6, 6.07) is 13.2. The van der Waals surface area contributed by atoms with Crippen LogP contribution in [-0.4, -0.2) is 28.0 Å². The highest BCUT2D eigenvalue weighted by molar-refractivity contribution is 8.18. The summed E-state index contributed by atoms with van der Waals surface area (Å²) in [5.41, 5.74) is 1.64. The van der Waals surface area contributed by atoms with E-state index in [1.165, 1.54) is 19.2 Å². The second-order valence-corrected chi connectivity index (χ2v) is 6.52. The lowest BCUT2D eigenvalue weighted by atomic mass is 10.2. The molecule has 3 rings (SSSR count). The Balaban J connectivity index is 1.62. The van der Waals surface area contributed by atoms with Gasteiger partial charge in [0.15, 0.2) is 0 Å². The van der Waals surface area contributed by atoms with E-state index in [1.807, 2.05) is 0 Å². The highest BCUT2D eigenvalue weighted by atomic mass is 32.2. The molecule has 1 fully saturated rings. The zero-order valence-corrected chi connectivity index (χ0v) is 14.6. The van der Waals surface area contributed by atoms with E-state index in [9.17, 15) is 19.7 Å². The molecule has 2 aromatic carbocycles. The van der Waals surface area contributed by atoms with Gasteiger partial charge in [0, 0.05) is 19.2 Å². The second-order valence-electron chi connectivity index (χ2n) is 5.52. The molecule has 2 aromatic rings. The first kappa shape index (κ1) is 17.7. The van der Waals surface area contributed by atoms with Gasteiger partial charge in [0.2, 0.25) is 0 Å². The minimum absolute atomic E-state index is 0.0367. The van der Waals surface area contributed by atoms with Gasteiger partial charge in [-0.1, -0.05) is 12.1 Å². The number of rotatable bonds is 5. The van der Waals surface area contributed by atoms with Crippen molar-refractivity contribution in [1.82, 2.24) is 4.90 Å². The summed E-state index contributed by atoms with van der Waals surface area (Å²) in [6.45, 7) is 0.284. The van der Waals surface area contributed by atoms with Crippen molar-refractivity contribution < 1.29 is 19.2 Å². The maximum Gasteiger partial charge on any atom is 0.293 e. The lowest BCUT2D eigenvalue weighted by Crippen LogP contribution is -2.22. The molecular formula is C18H14N2O5S. The van der Waals surface area contributed by atoms with Gasteiger partial charge < -0.3 is 4.74 Å². The number of non-ortho nitro benzene ring substituents is 1. The Labute approximate surface area is 153 Å². The number of nitrogens with zero attached hydrogens (tertiary/aromatic N) is 2. The molecule has 0 saturated carbocycles. The number of nitro benzene ring substituents is 1. The number of thioether (sulfide) groups is 1. The molecule has 0 spiro atoms. The van der Waals surface area contributed by atoms with E-state index in [-0.39, 0.29) is 23.4 Å². The Bertz CT molecular complexity index is 891. The third kappa shape index (κ3) is 3.92. The molecule has 0 N–H and O–H groups in total. The first-order valence-electron chi connectivity index (χ1n) is 7.62. The Morgan fingerprint density at radius 1 is 1.12 bits per heavy atom. The predicted molar refractivity (Wildman–Crippen MR) is 97.6 cm³/mol. The molecule has 0 unspecified atom stereocenters. The Morgan fingerprint density at radius 3 is 2.31 bits per heavy atom. The van der Waals surface area contributed by atoms with E-state index >= 15 is 0 Å². The van der Waals surface area contributed by atoms with Crippen LogP contribution >= 0.6 is 11.8 Å². The molecule has 1 saturated heterocycles. The molecule has 1 aliphatic heterocycles. The minimum atomic E-state index is -0.448. The number of amides is 2. The lowest BCUT2D eigenvalue weighted by molar-refractivity contribution is -0.384. The van der Waals surface area contributed by atoms with Gasteiger partial charge in [-0.2, -0.15) is 0 Å². The van der Waals surface area contributed by atoms with Crippen LogP contribution in [0.3, 0.4) is 0 Å². The zero-order chi connectivity index (χ0) is 18.7. The molecule has 26 heavy (non-hydrogen) atoms. The molecular weight excluding hydrogens is 356 g/mol. The Morgan fingerprint density at radius 2 is 1.77 bits per heavy atom. The zero-order valence-electron chi connectivity index (χ0n) is 13.7. The van der Waals surface area contributed by atoms with Crippen molar-refractivity contribution in [3.8, 4) is 5.75 Å². The van der Waals surface area contributed by atoms with E-state index < -0.39 is 4.92 Å². The van der Waals surface area contributed by atoms with Crippen LogP contribution in [0.1, 0.15) is 11.1 Å². The number of benzene rings is 2. The van der Waals surface area contributed by atoms with Crippen LogP contribution in [0.25, 0.3) is 6.08 Å². The smallest absolute Gasteiger partial charge is 0.293 e. The van der Waals surface area contributed by atoms with E-state index in [1.54, 1.807) is 42.5 Å². The number of hydrogen-bond acceptors (Lipinski definition) is 6. The van der Waals surface area contributed by atoms with Crippen LogP contribution < -0.4 is 4.74 Å². The fourth-order valence-electron chi connectivity index (χ4n) is 2.24. The van der Waals surface area contributed by atoms with Crippen molar-refractivity contribution in [2.75, 3.05) is 7.05 Å².